The van der Waals surface area contributed by atoms with Gasteiger partial charge in [-0.3, -0.25) is 14.9 Å². The first-order valence-corrected chi connectivity index (χ1v) is 14.1. The second-order valence-corrected chi connectivity index (χ2v) is 11.1. The minimum absolute atomic E-state index is 0.196. The number of ether oxygens (including phenoxy) is 1. The number of nitrogens with zero attached hydrogens (tertiary/aromatic N) is 3. The van der Waals surface area contributed by atoms with Crippen LogP contribution in [-0.4, -0.2) is 68.8 Å². The highest BCUT2D eigenvalue weighted by molar-refractivity contribution is 7.99. The van der Waals surface area contributed by atoms with E-state index in [0.29, 0.717) is 24.7 Å². The Balaban J connectivity index is 1.32. The number of likely N-dealkylation sites (tertiary alicyclic amines) is 1. The molecule has 0 saturated carbocycles. The molecule has 3 N–H and O–H groups in total. The molecule has 200 valence electrons. The first-order valence-electron chi connectivity index (χ1n) is 13.1. The smallest absolute Gasteiger partial charge is 0.303 e. The summed E-state index contributed by atoms with van der Waals surface area (Å²) in [7, 11) is 1.64. The quantitative estimate of drug-likeness (QED) is 0.209. The van der Waals surface area contributed by atoms with Crippen LogP contribution in [0, 0.1) is 18.8 Å². The molecule has 9 heteroatoms. The minimum Gasteiger partial charge on any atom is -0.497 e. The summed E-state index contributed by atoms with van der Waals surface area (Å²) >= 11 is 1.83. The van der Waals surface area contributed by atoms with Crippen LogP contribution in [0.1, 0.15) is 55.9 Å². The van der Waals surface area contributed by atoms with Gasteiger partial charge < -0.3 is 19.8 Å². The molecule has 0 radical (unpaired) electrons. The molecule has 0 spiro atoms. The van der Waals surface area contributed by atoms with Crippen LogP contribution in [0.15, 0.2) is 41.6 Å². The molecule has 37 heavy (non-hydrogen) atoms. The van der Waals surface area contributed by atoms with Gasteiger partial charge in [-0.15, -0.1) is 11.8 Å². The van der Waals surface area contributed by atoms with Crippen molar-refractivity contribution in [3.8, 4) is 5.75 Å². The molecule has 3 atom stereocenters. The van der Waals surface area contributed by atoms with E-state index < -0.39 is 12.1 Å². The molecule has 1 saturated heterocycles. The number of nitrogens with one attached hydrogen (secondary N) is 1. The Bertz CT molecular complexity index is 1170. The molecule has 8 nitrogen and oxygen atoms in total. The summed E-state index contributed by atoms with van der Waals surface area (Å²) in [6, 6.07) is 7.61. The molecule has 0 bridgehead atoms. The summed E-state index contributed by atoms with van der Waals surface area (Å²) < 4.78 is 5.37. The predicted octanol–water partition coefficient (Wildman–Crippen LogP) is 5.07. The number of rotatable bonds is 13. The third-order valence-corrected chi connectivity index (χ3v) is 8.73. The van der Waals surface area contributed by atoms with Gasteiger partial charge in [-0.1, -0.05) is 0 Å². The second-order valence-electron chi connectivity index (χ2n) is 9.98. The van der Waals surface area contributed by atoms with E-state index in [1.165, 1.54) is 4.90 Å². The fourth-order valence-corrected chi connectivity index (χ4v) is 6.30. The largest absolute Gasteiger partial charge is 0.497 e. The highest BCUT2D eigenvalue weighted by atomic mass is 32.2. The van der Waals surface area contributed by atoms with Gasteiger partial charge in [-0.25, -0.2) is 0 Å². The lowest BCUT2D eigenvalue weighted by Gasteiger charge is -2.39. The number of hydrogen-bond donors (Lipinski definition) is 3. The Hall–Kier alpha value is -2.62. The third-order valence-electron chi connectivity index (χ3n) is 7.52. The molecule has 1 unspecified atom stereocenters. The number of H-pyrrole nitrogens is 1. The van der Waals surface area contributed by atoms with Crippen molar-refractivity contribution in [2.75, 3.05) is 32.5 Å². The molecule has 4 rings (SSSR count). The van der Waals surface area contributed by atoms with E-state index in [1.54, 1.807) is 13.3 Å². The van der Waals surface area contributed by atoms with Gasteiger partial charge in [0.05, 0.1) is 24.9 Å². The summed E-state index contributed by atoms with van der Waals surface area (Å²) in [5.41, 5.74) is 2.82. The van der Waals surface area contributed by atoms with E-state index in [4.69, 9.17) is 4.74 Å². The van der Waals surface area contributed by atoms with Crippen molar-refractivity contribution in [2.24, 2.45) is 11.8 Å². The number of thioether (sulfide) groups is 1. The molecule has 2 aromatic heterocycles. The molecule has 1 fully saturated rings. The number of carboxylic acid groups (broad SMARTS) is 1. The van der Waals surface area contributed by atoms with Gasteiger partial charge in [-0.05, 0) is 99.5 Å². The van der Waals surface area contributed by atoms with Gasteiger partial charge >= 0.3 is 5.97 Å². The Morgan fingerprint density at radius 2 is 2.16 bits per heavy atom. The molecule has 3 aromatic rings. The van der Waals surface area contributed by atoms with Crippen molar-refractivity contribution in [1.82, 2.24) is 20.1 Å². The standard InChI is InChI=1S/C28H38N4O4S/c1-19-27(17-30-31-19)37-15-3-13-32-14-11-20(21(18-32)5-9-28(34)35)4-8-26(33)23-10-12-29-25-7-6-22(36-2)16-24(23)25/h6-7,10,12,16-17,20-21,26,33H,3-5,8-9,11,13-15,18H2,1-2H3,(H,30,31)(H,34,35)/t20-,21+,26?/m1/s1. The number of aliphatic carboxylic acids is 1. The van der Waals surface area contributed by atoms with Crippen molar-refractivity contribution < 1.29 is 19.7 Å². The highest BCUT2D eigenvalue weighted by Gasteiger charge is 2.30. The average molecular weight is 527 g/mol. The van der Waals surface area contributed by atoms with Crippen molar-refractivity contribution in [3.63, 3.8) is 0 Å². The number of aliphatic hydroxyl groups excluding tert-OH is 1. The molecular formula is C28H38N4O4S. The van der Waals surface area contributed by atoms with E-state index in [1.807, 2.05) is 49.1 Å². The fraction of sp³-hybridized carbons (Fsp3) is 0.536. The van der Waals surface area contributed by atoms with Gasteiger partial charge in [0.25, 0.3) is 0 Å². The molecule has 3 heterocycles. The van der Waals surface area contributed by atoms with Gasteiger partial charge in [0.15, 0.2) is 0 Å². The summed E-state index contributed by atoms with van der Waals surface area (Å²) in [4.78, 5) is 19.5. The maximum Gasteiger partial charge on any atom is 0.303 e. The van der Waals surface area contributed by atoms with Crippen molar-refractivity contribution in [3.05, 3.63) is 47.9 Å². The molecule has 0 amide bonds. The number of fused-ring (bicyclic) bond motifs is 1. The Kier molecular flexibility index (Phi) is 9.82. The number of aromatic nitrogens is 3. The van der Waals surface area contributed by atoms with E-state index in [9.17, 15) is 15.0 Å². The lowest BCUT2D eigenvalue weighted by molar-refractivity contribution is -0.137. The zero-order chi connectivity index (χ0) is 26.2. The lowest BCUT2D eigenvalue weighted by atomic mass is 9.79. The number of methoxy groups -OCH3 is 1. The molecular weight excluding hydrogens is 488 g/mol. The predicted molar refractivity (Wildman–Crippen MR) is 146 cm³/mol. The van der Waals surface area contributed by atoms with Crippen LogP contribution < -0.4 is 4.74 Å². The SMILES string of the molecule is COc1ccc2nccc(C(O)CC[C@@H]3CCN(CCCSc4cn[nH]c4C)C[C@@H]3CCC(=O)O)c2c1. The number of hydrogen-bond acceptors (Lipinski definition) is 7. The number of aryl methyl sites for hydroxylation is 1. The number of pyridine rings is 1. The number of aliphatic hydroxyl groups is 1. The zero-order valence-corrected chi connectivity index (χ0v) is 22.5. The van der Waals surface area contributed by atoms with Crippen LogP contribution in [0.5, 0.6) is 5.75 Å². The Labute approximate surface area is 222 Å². The van der Waals surface area contributed by atoms with Gasteiger partial charge in [0.2, 0.25) is 0 Å². The molecule has 1 aromatic carbocycles. The van der Waals surface area contributed by atoms with E-state index in [-0.39, 0.29) is 6.42 Å². The Morgan fingerprint density at radius 1 is 1.30 bits per heavy atom. The highest BCUT2D eigenvalue weighted by Crippen LogP contribution is 2.35. The number of piperidine rings is 1. The van der Waals surface area contributed by atoms with Crippen LogP contribution in [0.2, 0.25) is 0 Å². The summed E-state index contributed by atoms with van der Waals surface area (Å²) in [5.74, 6) is 1.79. The average Bonchev–Trinajstić information content (AvgIpc) is 3.32. The van der Waals surface area contributed by atoms with Crippen LogP contribution in [-0.2, 0) is 4.79 Å². The Morgan fingerprint density at radius 3 is 2.92 bits per heavy atom. The number of aromatic amines is 1. The van der Waals surface area contributed by atoms with Gasteiger partial charge in [0.1, 0.15) is 5.75 Å². The van der Waals surface area contributed by atoms with Crippen molar-refractivity contribution in [1.29, 1.82) is 0 Å². The van der Waals surface area contributed by atoms with Gasteiger partial charge in [-0.2, -0.15) is 5.10 Å². The van der Waals surface area contributed by atoms with Crippen molar-refractivity contribution >= 4 is 28.6 Å². The lowest BCUT2D eigenvalue weighted by Crippen LogP contribution is -2.41. The first-order chi connectivity index (χ1) is 17.9. The summed E-state index contributed by atoms with van der Waals surface area (Å²) in [6.07, 6.45) is 7.56. The summed E-state index contributed by atoms with van der Waals surface area (Å²) in [5, 5.41) is 28.4. The zero-order valence-electron chi connectivity index (χ0n) is 21.7. The fourth-order valence-electron chi connectivity index (χ4n) is 5.42. The van der Waals surface area contributed by atoms with Crippen LogP contribution >= 0.6 is 11.8 Å². The monoisotopic (exact) mass is 526 g/mol. The van der Waals surface area contributed by atoms with Crippen molar-refractivity contribution in [2.45, 2.75) is 56.4 Å². The number of benzene rings is 1. The maximum absolute atomic E-state index is 11.3. The maximum atomic E-state index is 11.3. The molecule has 1 aliphatic rings. The van der Waals surface area contributed by atoms with Crippen LogP contribution in [0.3, 0.4) is 0 Å². The second kappa shape index (κ2) is 13.3. The van der Waals surface area contributed by atoms with E-state index >= 15 is 0 Å². The molecule has 0 aliphatic carbocycles. The third kappa shape index (κ3) is 7.46. The number of carboxylic acids is 1. The van der Waals surface area contributed by atoms with E-state index in [2.05, 4.69) is 20.1 Å². The normalized spacial score (nSPS) is 19.2. The van der Waals surface area contributed by atoms with Gasteiger partial charge in [0, 0.05) is 35.1 Å². The number of carbonyl (C=O) groups is 1. The topological polar surface area (TPSA) is 112 Å². The first kappa shape index (κ1) is 27.4. The van der Waals surface area contributed by atoms with Crippen LogP contribution in [0.25, 0.3) is 10.9 Å². The van der Waals surface area contributed by atoms with Crippen LogP contribution in [0.4, 0.5) is 0 Å². The van der Waals surface area contributed by atoms with E-state index in [0.717, 1.165) is 72.6 Å². The minimum atomic E-state index is -0.736. The summed E-state index contributed by atoms with van der Waals surface area (Å²) in [6.45, 7) is 5.01. The molecule has 1 aliphatic heterocycles.